The van der Waals surface area contributed by atoms with Crippen molar-refractivity contribution in [2.45, 2.75) is 33.7 Å². The Hall–Kier alpha value is -2.24. The molecule has 0 bridgehead atoms. The van der Waals surface area contributed by atoms with Gasteiger partial charge in [-0.2, -0.15) is 0 Å². The molecule has 0 aliphatic heterocycles. The number of benzene rings is 1. The van der Waals surface area contributed by atoms with E-state index in [2.05, 4.69) is 5.32 Å². The molecule has 0 saturated carbocycles. The average molecular weight is 322 g/mol. The quantitative estimate of drug-likeness (QED) is 0.753. The molecule has 0 aliphatic carbocycles. The summed E-state index contributed by atoms with van der Waals surface area (Å²) < 4.78 is 10.8. The summed E-state index contributed by atoms with van der Waals surface area (Å²) in [5, 5.41) is 2.77. The van der Waals surface area contributed by atoms with E-state index in [1.807, 2.05) is 27.7 Å². The van der Waals surface area contributed by atoms with Crippen LogP contribution in [0.5, 0.6) is 11.5 Å². The molecule has 1 rings (SSSR count). The van der Waals surface area contributed by atoms with Crippen LogP contribution in [0.4, 0.5) is 0 Å². The molecule has 0 atom stereocenters. The van der Waals surface area contributed by atoms with Gasteiger partial charge in [0.1, 0.15) is 11.5 Å². The summed E-state index contributed by atoms with van der Waals surface area (Å²) in [6.07, 6.45) is 0. The Labute approximate surface area is 137 Å². The predicted octanol–water partition coefficient (Wildman–Crippen LogP) is 1.84. The van der Waals surface area contributed by atoms with Crippen molar-refractivity contribution in [3.8, 4) is 11.5 Å². The highest BCUT2D eigenvalue weighted by Gasteiger charge is 2.16. The van der Waals surface area contributed by atoms with Gasteiger partial charge < -0.3 is 19.7 Å². The number of nitrogens with zero attached hydrogens (tertiary/aromatic N) is 1. The number of hydrogen-bond donors (Lipinski definition) is 1. The summed E-state index contributed by atoms with van der Waals surface area (Å²) in [7, 11) is 0. The molecule has 0 saturated heterocycles. The molecule has 1 N–H and O–H groups in total. The fourth-order valence-electron chi connectivity index (χ4n) is 1.95. The zero-order chi connectivity index (χ0) is 17.2. The number of likely N-dealkylation sites (N-methyl/N-ethyl adjacent to an activating group) is 1. The van der Waals surface area contributed by atoms with Crippen LogP contribution in [0.3, 0.4) is 0 Å². The van der Waals surface area contributed by atoms with Gasteiger partial charge in [-0.05, 0) is 52.0 Å². The molecule has 23 heavy (non-hydrogen) atoms. The smallest absolute Gasteiger partial charge is 0.260 e. The summed E-state index contributed by atoms with van der Waals surface area (Å²) in [5.41, 5.74) is 0. The van der Waals surface area contributed by atoms with Crippen LogP contribution < -0.4 is 14.8 Å². The van der Waals surface area contributed by atoms with Crippen molar-refractivity contribution in [3.05, 3.63) is 24.3 Å². The standard InChI is InChI=1S/C17H26N2O4/c1-5-19(11-16(20)18-13(3)4)17(21)12-23-15-9-7-14(8-10-15)22-6-2/h7-10,13H,5-6,11-12H2,1-4H3,(H,18,20). The number of amides is 2. The second kappa shape index (κ2) is 9.71. The van der Waals surface area contributed by atoms with Gasteiger partial charge in [0.15, 0.2) is 6.61 Å². The van der Waals surface area contributed by atoms with E-state index in [1.165, 1.54) is 4.90 Å². The van der Waals surface area contributed by atoms with Gasteiger partial charge >= 0.3 is 0 Å². The van der Waals surface area contributed by atoms with E-state index in [-0.39, 0.29) is 31.0 Å². The van der Waals surface area contributed by atoms with Crippen molar-refractivity contribution < 1.29 is 19.1 Å². The van der Waals surface area contributed by atoms with Crippen molar-refractivity contribution in [3.63, 3.8) is 0 Å². The molecule has 0 radical (unpaired) electrons. The maximum absolute atomic E-state index is 12.1. The highest BCUT2D eigenvalue weighted by molar-refractivity contribution is 5.85. The third kappa shape index (κ3) is 7.04. The molecule has 1 aromatic carbocycles. The lowest BCUT2D eigenvalue weighted by atomic mass is 10.3. The molecule has 0 spiro atoms. The zero-order valence-electron chi connectivity index (χ0n) is 14.3. The van der Waals surface area contributed by atoms with Crippen LogP contribution in [0.1, 0.15) is 27.7 Å². The Morgan fingerprint density at radius 2 is 1.65 bits per heavy atom. The minimum Gasteiger partial charge on any atom is -0.494 e. The summed E-state index contributed by atoms with van der Waals surface area (Å²) in [5.74, 6) is 0.952. The molecule has 0 heterocycles. The topological polar surface area (TPSA) is 67.9 Å². The molecule has 0 aromatic heterocycles. The number of carbonyl (C=O) groups is 2. The van der Waals surface area contributed by atoms with Crippen LogP contribution in [-0.2, 0) is 9.59 Å². The highest BCUT2D eigenvalue weighted by atomic mass is 16.5. The lowest BCUT2D eigenvalue weighted by Crippen LogP contribution is -2.44. The van der Waals surface area contributed by atoms with Crippen LogP contribution in [0.15, 0.2) is 24.3 Å². The monoisotopic (exact) mass is 322 g/mol. The highest BCUT2D eigenvalue weighted by Crippen LogP contribution is 2.17. The molecular weight excluding hydrogens is 296 g/mol. The first-order chi connectivity index (χ1) is 11.0. The third-order valence-electron chi connectivity index (χ3n) is 3.02. The van der Waals surface area contributed by atoms with E-state index >= 15 is 0 Å². The van der Waals surface area contributed by atoms with Gasteiger partial charge in [0.2, 0.25) is 5.91 Å². The molecule has 0 fully saturated rings. The van der Waals surface area contributed by atoms with Gasteiger partial charge in [0.25, 0.3) is 5.91 Å². The van der Waals surface area contributed by atoms with Gasteiger partial charge in [-0.15, -0.1) is 0 Å². The van der Waals surface area contributed by atoms with Gasteiger partial charge in [-0.25, -0.2) is 0 Å². The third-order valence-corrected chi connectivity index (χ3v) is 3.02. The molecule has 0 unspecified atom stereocenters. The molecule has 0 aliphatic rings. The Morgan fingerprint density at radius 1 is 1.09 bits per heavy atom. The first-order valence-corrected chi connectivity index (χ1v) is 7.89. The Bertz CT molecular complexity index is 500. The van der Waals surface area contributed by atoms with Gasteiger partial charge in [-0.1, -0.05) is 0 Å². The molecule has 128 valence electrons. The fraction of sp³-hybridized carbons (Fsp3) is 0.529. The van der Waals surface area contributed by atoms with E-state index in [0.717, 1.165) is 5.75 Å². The summed E-state index contributed by atoms with van der Waals surface area (Å²) >= 11 is 0. The number of nitrogens with one attached hydrogen (secondary N) is 1. The second-order valence-corrected chi connectivity index (χ2v) is 5.32. The second-order valence-electron chi connectivity index (χ2n) is 5.32. The van der Waals surface area contributed by atoms with Crippen molar-refractivity contribution in [1.29, 1.82) is 0 Å². The fourth-order valence-corrected chi connectivity index (χ4v) is 1.95. The minimum absolute atomic E-state index is 0.0418. The van der Waals surface area contributed by atoms with Gasteiger partial charge in [0.05, 0.1) is 13.2 Å². The number of rotatable bonds is 9. The van der Waals surface area contributed by atoms with E-state index in [4.69, 9.17) is 9.47 Å². The lowest BCUT2D eigenvalue weighted by Gasteiger charge is -2.21. The van der Waals surface area contributed by atoms with Gasteiger partial charge in [0, 0.05) is 12.6 Å². The number of ether oxygens (including phenoxy) is 2. The van der Waals surface area contributed by atoms with Crippen molar-refractivity contribution in [2.75, 3.05) is 26.3 Å². The van der Waals surface area contributed by atoms with Crippen molar-refractivity contribution in [1.82, 2.24) is 10.2 Å². The zero-order valence-corrected chi connectivity index (χ0v) is 14.3. The first kappa shape index (κ1) is 18.8. The molecule has 6 nitrogen and oxygen atoms in total. The summed E-state index contributed by atoms with van der Waals surface area (Å²) in [6.45, 7) is 8.50. The molecule has 1 aromatic rings. The Kier molecular flexibility index (Phi) is 7.94. The van der Waals surface area contributed by atoms with Crippen LogP contribution in [0.25, 0.3) is 0 Å². The summed E-state index contributed by atoms with van der Waals surface area (Å²) in [6, 6.07) is 7.13. The SMILES string of the molecule is CCOc1ccc(OCC(=O)N(CC)CC(=O)NC(C)C)cc1. The minimum atomic E-state index is -0.222. The van der Waals surface area contributed by atoms with Crippen LogP contribution in [0.2, 0.25) is 0 Å². The van der Waals surface area contributed by atoms with E-state index in [1.54, 1.807) is 24.3 Å². The van der Waals surface area contributed by atoms with Crippen molar-refractivity contribution >= 4 is 11.8 Å². The maximum atomic E-state index is 12.1. The lowest BCUT2D eigenvalue weighted by molar-refractivity contribution is -0.137. The number of hydrogen-bond acceptors (Lipinski definition) is 4. The predicted molar refractivity (Wildman–Crippen MR) is 88.6 cm³/mol. The number of carbonyl (C=O) groups excluding carboxylic acids is 2. The average Bonchev–Trinajstić information content (AvgIpc) is 2.51. The summed E-state index contributed by atoms with van der Waals surface area (Å²) in [4.78, 5) is 25.3. The normalized spacial score (nSPS) is 10.3. The van der Waals surface area contributed by atoms with Gasteiger partial charge in [-0.3, -0.25) is 9.59 Å². The van der Waals surface area contributed by atoms with Crippen LogP contribution in [-0.4, -0.2) is 49.1 Å². The van der Waals surface area contributed by atoms with E-state index < -0.39 is 0 Å². The molecule has 6 heteroatoms. The van der Waals surface area contributed by atoms with E-state index in [9.17, 15) is 9.59 Å². The Balaban J connectivity index is 2.48. The first-order valence-electron chi connectivity index (χ1n) is 7.89. The van der Waals surface area contributed by atoms with Crippen LogP contribution in [0, 0.1) is 0 Å². The largest absolute Gasteiger partial charge is 0.494 e. The molecular formula is C17H26N2O4. The maximum Gasteiger partial charge on any atom is 0.260 e. The molecule has 2 amide bonds. The van der Waals surface area contributed by atoms with Crippen LogP contribution >= 0.6 is 0 Å². The Morgan fingerprint density at radius 3 is 2.13 bits per heavy atom. The van der Waals surface area contributed by atoms with E-state index in [0.29, 0.717) is 18.9 Å². The van der Waals surface area contributed by atoms with Crippen molar-refractivity contribution in [2.24, 2.45) is 0 Å².